The van der Waals surface area contributed by atoms with Gasteiger partial charge in [0.05, 0.1) is 17.1 Å². The molecule has 2 aromatic carbocycles. The molecule has 4 aliphatic carbocycles. The molecule has 4 aliphatic rings. The second-order valence-electron chi connectivity index (χ2n) is 15.2. The first-order valence-corrected chi connectivity index (χ1v) is 18.3. The van der Waals surface area contributed by atoms with Crippen molar-refractivity contribution in [2.45, 2.75) is 109 Å². The summed E-state index contributed by atoms with van der Waals surface area (Å²) in [6.45, 7) is 9.36. The molecule has 11 atom stereocenters. The zero-order chi connectivity index (χ0) is 30.7. The molecular weight excluding hydrogens is 558 g/mol. The minimum atomic E-state index is -3.94. The number of aliphatic hydroxyl groups excluding tert-OH is 2. The molecule has 0 heterocycles. The Balaban J connectivity index is 1.12. The van der Waals surface area contributed by atoms with Gasteiger partial charge in [-0.2, -0.15) is 0 Å². The van der Waals surface area contributed by atoms with E-state index in [1.807, 2.05) is 24.3 Å². The lowest BCUT2D eigenvalue weighted by atomic mass is 9.41. The summed E-state index contributed by atoms with van der Waals surface area (Å²) in [7, 11) is -3.94. The fourth-order valence-electron chi connectivity index (χ4n) is 11.1. The van der Waals surface area contributed by atoms with Crippen LogP contribution in [0.5, 0.6) is 0 Å². The standard InChI is InChI=1S/C36H51NO5S/c1-5-27-31-21-25(38)16-18-36(31,4)30-17-19-35(3)28(13-14-29(35)33(30)34(27)40)22(2)10-15-32(39)37-43(41,42)26-12-11-23-8-6-7-9-24(23)20-26/h6-9,11-12,20,22,25,27-31,33-34,38,40H,5,10,13-19,21H2,1-4H3,(H,37,39)/t22-,25-,27-,28?,29+,30+,31?,33+,34-,35?,36?/m1/s1. The number of fused-ring (bicyclic) bond motifs is 6. The first-order valence-electron chi connectivity index (χ1n) is 16.8. The van der Waals surface area contributed by atoms with Crippen LogP contribution in [0.4, 0.5) is 0 Å². The molecule has 6 rings (SSSR count). The number of sulfonamides is 1. The number of rotatable bonds is 7. The maximum atomic E-state index is 13.0. The monoisotopic (exact) mass is 609 g/mol. The van der Waals surface area contributed by atoms with E-state index < -0.39 is 15.9 Å². The highest BCUT2D eigenvalue weighted by molar-refractivity contribution is 7.90. The number of nitrogens with one attached hydrogen (secondary N) is 1. The van der Waals surface area contributed by atoms with Gasteiger partial charge in [0, 0.05) is 6.42 Å². The summed E-state index contributed by atoms with van der Waals surface area (Å²) < 4.78 is 28.4. The third-order valence-corrected chi connectivity index (χ3v) is 14.6. The molecule has 4 unspecified atom stereocenters. The molecule has 2 aromatic rings. The van der Waals surface area contributed by atoms with Crippen molar-refractivity contribution in [1.82, 2.24) is 4.72 Å². The van der Waals surface area contributed by atoms with Gasteiger partial charge in [-0.3, -0.25) is 4.79 Å². The number of benzene rings is 2. The van der Waals surface area contributed by atoms with Gasteiger partial charge in [0.2, 0.25) is 5.91 Å². The molecule has 0 bridgehead atoms. The molecule has 0 saturated heterocycles. The molecule has 6 nitrogen and oxygen atoms in total. The van der Waals surface area contributed by atoms with Gasteiger partial charge in [-0.1, -0.05) is 64.4 Å². The smallest absolute Gasteiger partial charge is 0.264 e. The molecule has 0 aliphatic heterocycles. The van der Waals surface area contributed by atoms with E-state index in [0.29, 0.717) is 36.0 Å². The highest BCUT2D eigenvalue weighted by Crippen LogP contribution is 2.69. The van der Waals surface area contributed by atoms with Crippen molar-refractivity contribution in [1.29, 1.82) is 0 Å². The van der Waals surface area contributed by atoms with Crippen LogP contribution in [0.3, 0.4) is 0 Å². The first-order chi connectivity index (χ1) is 20.4. The quantitative estimate of drug-likeness (QED) is 0.325. The Hall–Kier alpha value is -1.96. The van der Waals surface area contributed by atoms with Crippen LogP contribution in [0.15, 0.2) is 47.4 Å². The summed E-state index contributed by atoms with van der Waals surface area (Å²) in [5.41, 5.74) is 0.300. The SMILES string of the molecule is CC[C@@H]1C2C[C@H](O)CCC2(C)[C@H]2CCC3(C)C([C@H](C)CCC(=O)NS(=O)(=O)c4ccc5ccccc5c4)CC[C@H]3[C@@H]2[C@@H]1O. The number of carbonyl (C=O) groups is 1. The Morgan fingerprint density at radius 1 is 0.953 bits per heavy atom. The molecule has 236 valence electrons. The molecule has 0 radical (unpaired) electrons. The Labute approximate surface area is 258 Å². The average molecular weight is 610 g/mol. The van der Waals surface area contributed by atoms with Crippen molar-refractivity contribution >= 4 is 26.7 Å². The predicted octanol–water partition coefficient (Wildman–Crippen LogP) is 6.69. The van der Waals surface area contributed by atoms with Gasteiger partial charge in [-0.25, -0.2) is 13.1 Å². The Morgan fingerprint density at radius 2 is 1.65 bits per heavy atom. The van der Waals surface area contributed by atoms with E-state index in [9.17, 15) is 23.4 Å². The molecule has 3 N–H and O–H groups in total. The van der Waals surface area contributed by atoms with Crippen LogP contribution < -0.4 is 4.72 Å². The maximum Gasteiger partial charge on any atom is 0.264 e. The van der Waals surface area contributed by atoms with Crippen molar-refractivity contribution in [3.8, 4) is 0 Å². The minimum Gasteiger partial charge on any atom is -0.393 e. The van der Waals surface area contributed by atoms with E-state index >= 15 is 0 Å². The summed E-state index contributed by atoms with van der Waals surface area (Å²) in [5.74, 6) is 2.19. The van der Waals surface area contributed by atoms with E-state index in [1.54, 1.807) is 18.2 Å². The Kier molecular flexibility index (Phi) is 8.26. The third kappa shape index (κ3) is 5.25. The minimum absolute atomic E-state index is 0.107. The van der Waals surface area contributed by atoms with Crippen molar-refractivity contribution in [2.75, 3.05) is 0 Å². The maximum absolute atomic E-state index is 13.0. The fraction of sp³-hybridized carbons (Fsp3) is 0.694. The van der Waals surface area contributed by atoms with Gasteiger partial charge in [-0.15, -0.1) is 0 Å². The molecule has 7 heteroatoms. The van der Waals surface area contributed by atoms with Crippen LogP contribution in [-0.2, 0) is 14.8 Å². The average Bonchev–Trinajstić information content (AvgIpc) is 3.33. The number of amides is 1. The topological polar surface area (TPSA) is 104 Å². The Bertz CT molecular complexity index is 1460. The Morgan fingerprint density at radius 3 is 2.40 bits per heavy atom. The third-order valence-electron chi connectivity index (χ3n) is 13.3. The van der Waals surface area contributed by atoms with Crippen molar-refractivity contribution in [3.05, 3.63) is 42.5 Å². The van der Waals surface area contributed by atoms with Crippen LogP contribution in [0.2, 0.25) is 0 Å². The van der Waals surface area contributed by atoms with Crippen LogP contribution in [0.25, 0.3) is 10.8 Å². The second kappa shape index (κ2) is 11.4. The van der Waals surface area contributed by atoms with Crippen LogP contribution >= 0.6 is 0 Å². The highest BCUT2D eigenvalue weighted by Gasteiger charge is 2.64. The molecule has 0 aromatic heterocycles. The van der Waals surface area contributed by atoms with Gasteiger partial charge in [0.1, 0.15) is 0 Å². The number of hydrogen-bond acceptors (Lipinski definition) is 5. The lowest BCUT2D eigenvalue weighted by molar-refractivity contribution is -0.203. The number of aliphatic hydroxyl groups is 2. The van der Waals surface area contributed by atoms with E-state index in [2.05, 4.69) is 32.4 Å². The molecule has 4 fully saturated rings. The normalized spacial score (nSPS) is 39.9. The second-order valence-corrected chi connectivity index (χ2v) is 16.9. The van der Waals surface area contributed by atoms with Crippen LogP contribution in [0, 0.1) is 52.3 Å². The van der Waals surface area contributed by atoms with Crippen molar-refractivity contribution < 1.29 is 23.4 Å². The summed E-state index contributed by atoms with van der Waals surface area (Å²) in [4.78, 5) is 13.0. The van der Waals surface area contributed by atoms with Crippen molar-refractivity contribution in [3.63, 3.8) is 0 Å². The fourth-order valence-corrected chi connectivity index (χ4v) is 12.1. The summed E-state index contributed by atoms with van der Waals surface area (Å²) in [5, 5.41) is 24.3. The van der Waals surface area contributed by atoms with E-state index in [4.69, 9.17) is 0 Å². The largest absolute Gasteiger partial charge is 0.393 e. The molecule has 43 heavy (non-hydrogen) atoms. The van der Waals surface area contributed by atoms with Gasteiger partial charge in [0.15, 0.2) is 0 Å². The number of hydrogen-bond donors (Lipinski definition) is 3. The zero-order valence-electron chi connectivity index (χ0n) is 26.3. The predicted molar refractivity (Wildman–Crippen MR) is 169 cm³/mol. The summed E-state index contributed by atoms with van der Waals surface area (Å²) in [6.07, 6.45) is 8.49. The lowest BCUT2D eigenvalue weighted by Crippen LogP contribution is -2.62. The van der Waals surface area contributed by atoms with E-state index in [1.165, 1.54) is 0 Å². The van der Waals surface area contributed by atoms with Crippen molar-refractivity contribution in [2.24, 2.45) is 52.3 Å². The van der Waals surface area contributed by atoms with E-state index in [-0.39, 0.29) is 46.2 Å². The van der Waals surface area contributed by atoms with Gasteiger partial charge in [-0.05, 0) is 127 Å². The molecule has 4 saturated carbocycles. The summed E-state index contributed by atoms with van der Waals surface area (Å²) >= 11 is 0. The van der Waals surface area contributed by atoms with E-state index in [0.717, 1.165) is 62.1 Å². The molecule has 1 amide bonds. The first kappa shape index (κ1) is 31.0. The highest BCUT2D eigenvalue weighted by atomic mass is 32.2. The molecular formula is C36H51NO5S. The summed E-state index contributed by atoms with van der Waals surface area (Å²) in [6, 6.07) is 12.5. The van der Waals surface area contributed by atoms with Crippen LogP contribution in [-0.4, -0.2) is 36.7 Å². The van der Waals surface area contributed by atoms with Gasteiger partial charge < -0.3 is 10.2 Å². The van der Waals surface area contributed by atoms with Gasteiger partial charge in [0.25, 0.3) is 10.0 Å². The lowest BCUT2D eigenvalue weighted by Gasteiger charge is -2.64. The number of carbonyl (C=O) groups excluding carboxylic acids is 1. The van der Waals surface area contributed by atoms with Crippen LogP contribution in [0.1, 0.15) is 91.9 Å². The zero-order valence-corrected chi connectivity index (χ0v) is 27.2. The molecule has 0 spiro atoms. The van der Waals surface area contributed by atoms with Gasteiger partial charge >= 0.3 is 0 Å².